The van der Waals surface area contributed by atoms with Crippen molar-refractivity contribution < 1.29 is 4.74 Å². The van der Waals surface area contributed by atoms with Gasteiger partial charge >= 0.3 is 0 Å². The third-order valence-electron chi connectivity index (χ3n) is 1.86. The fourth-order valence-corrected chi connectivity index (χ4v) is 1.73. The van der Waals surface area contributed by atoms with Crippen molar-refractivity contribution in [1.29, 1.82) is 0 Å². The molecular formula is C9H14IN3O. The van der Waals surface area contributed by atoms with Crippen LogP contribution in [0.3, 0.4) is 0 Å². The molecule has 5 heteroatoms. The second kappa shape index (κ2) is 5.45. The third-order valence-corrected chi connectivity index (χ3v) is 3.03. The van der Waals surface area contributed by atoms with Crippen molar-refractivity contribution in [3.8, 4) is 0 Å². The molecule has 0 saturated heterocycles. The zero-order valence-electron chi connectivity index (χ0n) is 8.38. The quantitative estimate of drug-likeness (QED) is 0.855. The number of halogens is 1. The molecule has 0 aromatic carbocycles. The van der Waals surface area contributed by atoms with Crippen molar-refractivity contribution in [2.45, 2.75) is 19.8 Å². The predicted molar refractivity (Wildman–Crippen MR) is 64.1 cm³/mol. The van der Waals surface area contributed by atoms with Gasteiger partial charge in [-0.05, 0) is 29.0 Å². The van der Waals surface area contributed by atoms with Gasteiger partial charge in [0.15, 0.2) is 0 Å². The second-order valence-electron chi connectivity index (χ2n) is 2.88. The van der Waals surface area contributed by atoms with Crippen molar-refractivity contribution in [2.75, 3.05) is 19.5 Å². The van der Waals surface area contributed by atoms with Crippen molar-refractivity contribution in [2.24, 2.45) is 0 Å². The van der Waals surface area contributed by atoms with Gasteiger partial charge in [-0.25, -0.2) is 9.97 Å². The molecule has 0 aliphatic rings. The minimum absolute atomic E-state index is 0.573. The van der Waals surface area contributed by atoms with Crippen LogP contribution in [0.15, 0.2) is 0 Å². The molecule has 78 valence electrons. The lowest BCUT2D eigenvalue weighted by Gasteiger charge is -2.06. The Morgan fingerprint density at radius 3 is 2.71 bits per heavy atom. The number of rotatable bonds is 4. The summed E-state index contributed by atoms with van der Waals surface area (Å²) in [4.78, 5) is 8.61. The first kappa shape index (κ1) is 11.6. The van der Waals surface area contributed by atoms with Crippen LogP contribution in [-0.4, -0.2) is 23.7 Å². The standard InChI is InChI=1S/C9H14IN3O/c1-3-6-8(10)9(11)13-7(12-6)4-5-14-2/h3-5H2,1-2H3,(H2,11,12,13). The van der Waals surface area contributed by atoms with E-state index in [1.807, 2.05) is 0 Å². The number of hydrogen-bond donors (Lipinski definition) is 1. The zero-order valence-corrected chi connectivity index (χ0v) is 10.5. The first-order valence-electron chi connectivity index (χ1n) is 4.48. The fraction of sp³-hybridized carbons (Fsp3) is 0.556. The molecule has 0 bridgehead atoms. The van der Waals surface area contributed by atoms with E-state index in [0.717, 1.165) is 21.5 Å². The summed E-state index contributed by atoms with van der Waals surface area (Å²) < 4.78 is 5.93. The number of aromatic nitrogens is 2. The van der Waals surface area contributed by atoms with Gasteiger partial charge in [-0.15, -0.1) is 0 Å². The van der Waals surface area contributed by atoms with Gasteiger partial charge < -0.3 is 10.5 Å². The zero-order chi connectivity index (χ0) is 10.6. The number of methoxy groups -OCH3 is 1. The number of anilines is 1. The van der Waals surface area contributed by atoms with Gasteiger partial charge in [0, 0.05) is 13.5 Å². The van der Waals surface area contributed by atoms with Crippen LogP contribution in [0, 0.1) is 3.57 Å². The molecule has 0 aliphatic heterocycles. The van der Waals surface area contributed by atoms with Crippen LogP contribution in [0.1, 0.15) is 18.4 Å². The van der Waals surface area contributed by atoms with Gasteiger partial charge in [0.05, 0.1) is 15.9 Å². The number of nitrogens with zero attached hydrogens (tertiary/aromatic N) is 2. The van der Waals surface area contributed by atoms with E-state index in [9.17, 15) is 0 Å². The van der Waals surface area contributed by atoms with E-state index in [4.69, 9.17) is 10.5 Å². The predicted octanol–water partition coefficient (Wildman–Crippen LogP) is 1.41. The molecule has 0 fully saturated rings. The van der Waals surface area contributed by atoms with Crippen LogP contribution in [-0.2, 0) is 17.6 Å². The monoisotopic (exact) mass is 307 g/mol. The maximum Gasteiger partial charge on any atom is 0.140 e. The van der Waals surface area contributed by atoms with Crippen LogP contribution < -0.4 is 5.73 Å². The molecule has 0 saturated carbocycles. The largest absolute Gasteiger partial charge is 0.384 e. The summed E-state index contributed by atoms with van der Waals surface area (Å²) in [5.74, 6) is 1.34. The molecule has 1 heterocycles. The summed E-state index contributed by atoms with van der Waals surface area (Å²) in [7, 11) is 1.66. The van der Waals surface area contributed by atoms with E-state index < -0.39 is 0 Å². The van der Waals surface area contributed by atoms with Gasteiger partial charge in [-0.2, -0.15) is 0 Å². The minimum atomic E-state index is 0.573. The molecule has 0 aliphatic carbocycles. The smallest absolute Gasteiger partial charge is 0.140 e. The SMILES string of the molecule is CCc1nc(CCOC)nc(N)c1I. The normalized spacial score (nSPS) is 10.5. The van der Waals surface area contributed by atoms with Gasteiger partial charge in [0.1, 0.15) is 11.6 Å². The van der Waals surface area contributed by atoms with E-state index in [1.54, 1.807) is 7.11 Å². The third kappa shape index (κ3) is 2.78. The molecule has 0 radical (unpaired) electrons. The van der Waals surface area contributed by atoms with E-state index >= 15 is 0 Å². The second-order valence-corrected chi connectivity index (χ2v) is 3.96. The Hall–Kier alpha value is -0.430. The van der Waals surface area contributed by atoms with Gasteiger partial charge in [0.2, 0.25) is 0 Å². The Morgan fingerprint density at radius 1 is 1.43 bits per heavy atom. The Kier molecular flexibility index (Phi) is 4.53. The highest BCUT2D eigenvalue weighted by Gasteiger charge is 2.07. The van der Waals surface area contributed by atoms with Crippen LogP contribution in [0.5, 0.6) is 0 Å². The number of ether oxygens (including phenoxy) is 1. The molecular weight excluding hydrogens is 293 g/mol. The molecule has 1 aromatic heterocycles. The lowest BCUT2D eigenvalue weighted by molar-refractivity contribution is 0.200. The summed E-state index contributed by atoms with van der Waals surface area (Å²) in [5, 5.41) is 0. The first-order chi connectivity index (χ1) is 6.69. The van der Waals surface area contributed by atoms with E-state index in [2.05, 4.69) is 39.5 Å². The molecule has 1 rings (SSSR count). The molecule has 1 aromatic rings. The van der Waals surface area contributed by atoms with Crippen molar-refractivity contribution in [1.82, 2.24) is 9.97 Å². The van der Waals surface area contributed by atoms with Crippen molar-refractivity contribution in [3.05, 3.63) is 15.1 Å². The minimum Gasteiger partial charge on any atom is -0.384 e. The molecule has 0 spiro atoms. The molecule has 0 atom stereocenters. The summed E-state index contributed by atoms with van der Waals surface area (Å²) in [6.07, 6.45) is 1.59. The maximum absolute atomic E-state index is 5.77. The average Bonchev–Trinajstić information content (AvgIpc) is 2.19. The van der Waals surface area contributed by atoms with Crippen LogP contribution in [0.4, 0.5) is 5.82 Å². The van der Waals surface area contributed by atoms with Gasteiger partial charge in [-0.3, -0.25) is 0 Å². The first-order valence-corrected chi connectivity index (χ1v) is 5.56. The van der Waals surface area contributed by atoms with Crippen molar-refractivity contribution >= 4 is 28.4 Å². The molecule has 14 heavy (non-hydrogen) atoms. The van der Waals surface area contributed by atoms with Crippen LogP contribution in [0.2, 0.25) is 0 Å². The van der Waals surface area contributed by atoms with Crippen LogP contribution in [0.25, 0.3) is 0 Å². The summed E-state index contributed by atoms with van der Waals surface area (Å²) in [6, 6.07) is 0. The summed E-state index contributed by atoms with van der Waals surface area (Å²) in [6.45, 7) is 2.69. The average molecular weight is 307 g/mol. The number of nitrogens with two attached hydrogens (primary N) is 1. The van der Waals surface area contributed by atoms with E-state index in [0.29, 0.717) is 18.8 Å². The Morgan fingerprint density at radius 2 is 2.14 bits per heavy atom. The number of nitrogen functional groups attached to an aromatic ring is 1. The van der Waals surface area contributed by atoms with Gasteiger partial charge in [-0.1, -0.05) is 6.92 Å². The lowest BCUT2D eigenvalue weighted by Crippen LogP contribution is -2.08. The van der Waals surface area contributed by atoms with E-state index in [1.165, 1.54) is 0 Å². The highest BCUT2D eigenvalue weighted by Crippen LogP contribution is 2.16. The Labute approximate surface area is 97.4 Å². The molecule has 0 unspecified atom stereocenters. The maximum atomic E-state index is 5.77. The number of hydrogen-bond acceptors (Lipinski definition) is 4. The van der Waals surface area contributed by atoms with Gasteiger partial charge in [0.25, 0.3) is 0 Å². The Balaban J connectivity index is 2.91. The van der Waals surface area contributed by atoms with E-state index in [-0.39, 0.29) is 0 Å². The highest BCUT2D eigenvalue weighted by molar-refractivity contribution is 14.1. The molecule has 4 nitrogen and oxygen atoms in total. The molecule has 0 amide bonds. The summed E-state index contributed by atoms with van der Waals surface area (Å²) >= 11 is 2.18. The van der Waals surface area contributed by atoms with Crippen molar-refractivity contribution in [3.63, 3.8) is 0 Å². The molecule has 2 N–H and O–H groups in total. The Bertz CT molecular complexity index is 317. The lowest BCUT2D eigenvalue weighted by atomic mass is 10.3. The highest BCUT2D eigenvalue weighted by atomic mass is 127. The van der Waals surface area contributed by atoms with Crippen LogP contribution >= 0.6 is 22.6 Å². The summed E-state index contributed by atoms with van der Waals surface area (Å²) in [5.41, 5.74) is 6.79. The fourth-order valence-electron chi connectivity index (χ4n) is 1.11. The number of aryl methyl sites for hydroxylation is 1. The topological polar surface area (TPSA) is 61.0 Å².